The summed E-state index contributed by atoms with van der Waals surface area (Å²) in [5.41, 5.74) is -0.162. The number of alkyl halides is 2. The maximum absolute atomic E-state index is 12.8. The predicted octanol–water partition coefficient (Wildman–Crippen LogP) is 17.9. The van der Waals surface area contributed by atoms with Gasteiger partial charge in [0, 0.05) is 77.8 Å². The lowest BCUT2D eigenvalue weighted by atomic mass is 9.81. The van der Waals surface area contributed by atoms with Crippen molar-refractivity contribution in [3.8, 4) is 12.0 Å². The Morgan fingerprint density at radius 1 is 0.588 bits per heavy atom. The highest BCUT2D eigenvalue weighted by Crippen LogP contribution is 2.33. The molecule has 0 aliphatic rings. The fraction of sp³-hybridized carbons (Fsp3) is 0.517. The van der Waals surface area contributed by atoms with Crippen LogP contribution < -0.4 is 4.74 Å². The first kappa shape index (κ1) is 75.3. The lowest BCUT2D eigenvalue weighted by Crippen LogP contribution is -2.19. The molecule has 9 aromatic rings. The maximum Gasteiger partial charge on any atom is 0.310 e. The van der Waals surface area contributed by atoms with Crippen molar-refractivity contribution in [1.82, 2.24) is 46.4 Å². The Labute approximate surface area is 510 Å². The Morgan fingerprint density at radius 2 is 1.02 bits per heavy atom. The molecule has 0 N–H and O–H groups in total. The zero-order valence-electron chi connectivity index (χ0n) is 52.7. The third-order valence-corrected chi connectivity index (χ3v) is 12.3. The molecule has 0 amide bonds. The summed E-state index contributed by atoms with van der Waals surface area (Å²) in [7, 11) is 1.53. The highest BCUT2D eigenvalue weighted by molar-refractivity contribution is 9.10. The first-order chi connectivity index (χ1) is 39.5. The molecule has 0 spiro atoms. The van der Waals surface area contributed by atoms with E-state index in [-0.39, 0.29) is 33.7 Å². The molecular weight excluding hydrogens is 1190 g/mol. The van der Waals surface area contributed by atoms with Crippen LogP contribution in [0.25, 0.3) is 4.85 Å². The lowest BCUT2D eigenvalue weighted by molar-refractivity contribution is 0.163. The van der Waals surface area contributed by atoms with Crippen LogP contribution in [0.15, 0.2) is 131 Å². The Balaban J connectivity index is 0.000000479. The van der Waals surface area contributed by atoms with E-state index in [9.17, 15) is 8.78 Å². The number of ether oxygens (including phenoxy) is 1. The molecule has 0 atom stereocenters. The quantitative estimate of drug-likeness (QED) is 0.0959. The van der Waals surface area contributed by atoms with E-state index in [1.165, 1.54) is 51.2 Å². The van der Waals surface area contributed by atoms with Crippen molar-refractivity contribution in [2.75, 3.05) is 7.11 Å². The summed E-state index contributed by atoms with van der Waals surface area (Å²) < 4.78 is 74.3. The molecule has 21 nitrogen and oxygen atoms in total. The number of nitrogens with zero attached hydrogens (tertiary/aromatic N) is 11. The van der Waals surface area contributed by atoms with Crippen LogP contribution in [0.5, 0.6) is 5.95 Å². The zero-order valence-corrected chi connectivity index (χ0v) is 55.0. The largest absolute Gasteiger partial charge is 0.467 e. The van der Waals surface area contributed by atoms with Gasteiger partial charge in [-0.1, -0.05) is 136 Å². The number of hydrogen-bond donors (Lipinski definition) is 0. The molecule has 0 saturated heterocycles. The summed E-state index contributed by atoms with van der Waals surface area (Å²) in [4.78, 5) is 2.95. The van der Waals surface area contributed by atoms with Crippen molar-refractivity contribution in [1.29, 1.82) is 5.26 Å². The van der Waals surface area contributed by atoms with Gasteiger partial charge in [-0.2, -0.15) is 5.26 Å². The number of halogens is 4. The van der Waals surface area contributed by atoms with Gasteiger partial charge in [-0.15, -0.1) is 11.6 Å². The molecule has 9 heterocycles. The van der Waals surface area contributed by atoms with Gasteiger partial charge in [-0.05, 0) is 63.4 Å². The number of nitriles is 1. The molecule has 0 unspecified atom stereocenters. The third-order valence-electron chi connectivity index (χ3n) is 11.5. The van der Waals surface area contributed by atoms with E-state index in [1.54, 1.807) is 63.0 Å². The second-order valence-electron chi connectivity index (χ2n) is 22.8. The normalized spacial score (nSPS) is 11.2. The van der Waals surface area contributed by atoms with Gasteiger partial charge < -0.3 is 50.3 Å². The topological polar surface area (TPSA) is 272 Å². The summed E-state index contributed by atoms with van der Waals surface area (Å²) in [5, 5.41) is 40.3. The molecule has 0 saturated carbocycles. The molecule has 85 heavy (non-hydrogen) atoms. The van der Waals surface area contributed by atoms with Crippen molar-refractivity contribution in [3.05, 3.63) is 165 Å². The highest BCUT2D eigenvalue weighted by Gasteiger charge is 2.30. The lowest BCUT2D eigenvalue weighted by Gasteiger charge is -2.23. The number of rotatable bonds is 9. The van der Waals surface area contributed by atoms with Gasteiger partial charge in [-0.3, -0.25) is 0 Å². The monoisotopic (exact) mass is 1270 g/mol. The van der Waals surface area contributed by atoms with E-state index in [4.69, 9.17) is 50.6 Å². The molecule has 9 aromatic heterocycles. The van der Waals surface area contributed by atoms with Gasteiger partial charge in [0.15, 0.2) is 40.3 Å². The smallest absolute Gasteiger partial charge is 0.310 e. The molecule has 0 aromatic carbocycles. The minimum atomic E-state index is -1.41. The van der Waals surface area contributed by atoms with E-state index < -0.39 is 16.1 Å². The van der Waals surface area contributed by atoms with Gasteiger partial charge >= 0.3 is 5.95 Å². The van der Waals surface area contributed by atoms with Crippen LogP contribution in [0.2, 0.25) is 0 Å². The summed E-state index contributed by atoms with van der Waals surface area (Å²) in [6, 6.07) is 10.5. The summed E-state index contributed by atoms with van der Waals surface area (Å²) in [6.07, 6.45) is 15.9. The van der Waals surface area contributed by atoms with Crippen LogP contribution >= 0.6 is 27.5 Å². The van der Waals surface area contributed by atoms with Crippen LogP contribution in [-0.4, -0.2) is 53.5 Å². The average molecular weight is 1270 g/mol. The van der Waals surface area contributed by atoms with Crippen LogP contribution in [0.1, 0.15) is 213 Å². The van der Waals surface area contributed by atoms with Gasteiger partial charge in [0.1, 0.15) is 29.4 Å². The average Bonchev–Trinajstić information content (AvgIpc) is 4.38. The Morgan fingerprint density at radius 3 is 1.27 bits per heavy atom. The molecule has 0 fully saturated rings. The third kappa shape index (κ3) is 27.3. The minimum Gasteiger partial charge on any atom is -0.467 e. The Hall–Kier alpha value is -7.70. The van der Waals surface area contributed by atoms with Gasteiger partial charge in [0.2, 0.25) is 5.76 Å². The minimum absolute atomic E-state index is 0.0764. The Bertz CT molecular complexity index is 3030. The van der Waals surface area contributed by atoms with Crippen molar-refractivity contribution in [2.24, 2.45) is 0 Å². The fourth-order valence-corrected chi connectivity index (χ4v) is 6.80. The summed E-state index contributed by atoms with van der Waals surface area (Å²) >= 11 is 9.18. The van der Waals surface area contributed by atoms with Crippen molar-refractivity contribution >= 4 is 27.5 Å². The van der Waals surface area contributed by atoms with Crippen LogP contribution in [-0.2, 0) is 32.3 Å². The van der Waals surface area contributed by atoms with Crippen LogP contribution in [0.4, 0.5) is 8.78 Å². The van der Waals surface area contributed by atoms with E-state index in [1.807, 2.05) is 60.6 Å². The van der Waals surface area contributed by atoms with E-state index >= 15 is 0 Å². The second kappa shape index (κ2) is 35.6. The number of aromatic nitrogens is 9. The summed E-state index contributed by atoms with van der Waals surface area (Å²) in [5.74, 6) is 6.02. The predicted molar refractivity (Wildman–Crippen MR) is 318 cm³/mol. The SMILES string of the molecule is CC(C)(C)c1ccno1.CC(C)(C)c1oncc1C#N.CC(C)(Cl)c1ccno1.CC(C)(F)c1ccno1.CC(C)c1oncc1Br.CC(C)c1oncc1F.CCC(C)(CC)c1oncc1C.COc1ccno1.[C-]#[N+]C(C)(C)c1ccno1. The molecule has 9 rings (SSSR count). The molecular formula is C60H83BrClF2N11O10. The van der Waals surface area contributed by atoms with Gasteiger partial charge in [-0.25, -0.2) is 15.4 Å². The highest BCUT2D eigenvalue weighted by atomic mass is 79.9. The molecule has 466 valence electrons. The zero-order chi connectivity index (χ0) is 64.8. The molecule has 0 aliphatic carbocycles. The van der Waals surface area contributed by atoms with Crippen molar-refractivity contribution in [2.45, 2.75) is 195 Å². The summed E-state index contributed by atoms with van der Waals surface area (Å²) in [6.45, 7) is 45.6. The first-order valence-corrected chi connectivity index (χ1v) is 28.0. The fourth-order valence-electron chi connectivity index (χ4n) is 6.09. The number of hydrogen-bond acceptors (Lipinski definition) is 20. The number of methoxy groups -OCH3 is 1. The molecule has 0 radical (unpaired) electrons. The van der Waals surface area contributed by atoms with Crippen molar-refractivity contribution < 1.29 is 54.2 Å². The van der Waals surface area contributed by atoms with E-state index in [2.05, 4.69) is 148 Å². The van der Waals surface area contributed by atoms with E-state index in [0.29, 0.717) is 40.5 Å². The van der Waals surface area contributed by atoms with Crippen LogP contribution in [0.3, 0.4) is 0 Å². The van der Waals surface area contributed by atoms with Crippen LogP contribution in [0, 0.1) is 30.6 Å². The number of aryl methyl sites for hydroxylation is 1. The van der Waals surface area contributed by atoms with Gasteiger partial charge in [0.05, 0.1) is 66.0 Å². The van der Waals surface area contributed by atoms with E-state index in [0.717, 1.165) is 40.8 Å². The molecule has 25 heteroatoms. The maximum atomic E-state index is 12.8. The molecule has 0 bridgehead atoms. The Kier molecular flexibility index (Phi) is 31.5. The van der Waals surface area contributed by atoms with Gasteiger partial charge in [0.25, 0.3) is 5.54 Å². The second-order valence-corrected chi connectivity index (χ2v) is 24.6. The molecule has 0 aliphatic heterocycles. The van der Waals surface area contributed by atoms with Crippen molar-refractivity contribution in [3.63, 3.8) is 0 Å². The standard InChI is InChI=1S/C10H17NO.C8H10N2O.C7H8N2O.C7H11NO.C6H8BrNO.C6H8ClNO.2C6H8FNO.C4H5NO2/c1-5-10(4,6-2)9-8(3)7-11-12-9;1-8(2,3)7-6(4-9)5-10-11-7;1-7(2,8-3)6-4-5-9-10-6;1-7(2,3)6-4-5-8-9-6;1-4(2)6-5(7)3-8-9-6;2*1-6(2,7)5-3-4-8-9-5;1-4(2)6-5(7)3-8-9-6;1-6-4-2-3-5-7-4/h7H,5-6H2,1-4H3;5H,1-3H3;4-5H,1-2H3;4-5H,1-3H3;4*3-4H,1-2H3;2-3H,1H3. The first-order valence-electron chi connectivity index (χ1n) is 26.9.